The van der Waals surface area contributed by atoms with Crippen molar-refractivity contribution in [2.24, 2.45) is 11.5 Å². The molecule has 0 spiro atoms. The summed E-state index contributed by atoms with van der Waals surface area (Å²) >= 11 is 0. The molecule has 0 aliphatic carbocycles. The first-order chi connectivity index (χ1) is 16.2. The third kappa shape index (κ3) is 7.57. The SMILES string of the molecule is C.N=C(N)N1CC=C(CC(N)C(=O)NCCCC(=O)N[C@@H](Cc2c[nH]c3ccccc23)C(=O)O)C1. The van der Waals surface area contributed by atoms with E-state index in [1.54, 1.807) is 11.1 Å². The number of nitrogens with one attached hydrogen (secondary N) is 4. The van der Waals surface area contributed by atoms with Gasteiger partial charge < -0.3 is 37.1 Å². The van der Waals surface area contributed by atoms with E-state index in [9.17, 15) is 19.5 Å². The molecule has 3 rings (SSSR count). The van der Waals surface area contributed by atoms with Crippen LogP contribution in [0.1, 0.15) is 32.3 Å². The molecule has 11 nitrogen and oxygen atoms in total. The molecule has 2 amide bonds. The van der Waals surface area contributed by atoms with Crippen molar-refractivity contribution < 1.29 is 19.5 Å². The van der Waals surface area contributed by atoms with E-state index in [0.717, 1.165) is 22.0 Å². The summed E-state index contributed by atoms with van der Waals surface area (Å²) < 4.78 is 0. The molecule has 0 saturated carbocycles. The number of hydrogen-bond acceptors (Lipinski definition) is 5. The summed E-state index contributed by atoms with van der Waals surface area (Å²) in [7, 11) is 0. The molecule has 2 atom stereocenters. The number of rotatable bonds is 11. The largest absolute Gasteiger partial charge is 0.480 e. The zero-order valence-corrected chi connectivity index (χ0v) is 18.8. The number of H-pyrrole nitrogens is 1. The van der Waals surface area contributed by atoms with Gasteiger partial charge in [-0.05, 0) is 24.5 Å². The number of aromatic amines is 1. The lowest BCUT2D eigenvalue weighted by Crippen LogP contribution is -2.43. The van der Waals surface area contributed by atoms with Gasteiger partial charge in [0.1, 0.15) is 6.04 Å². The number of fused-ring (bicyclic) bond motifs is 1. The first-order valence-electron chi connectivity index (χ1n) is 11.1. The number of carboxylic acids is 1. The Kier molecular flexibility index (Phi) is 9.83. The summed E-state index contributed by atoms with van der Waals surface area (Å²) in [4.78, 5) is 40.9. The van der Waals surface area contributed by atoms with Gasteiger partial charge in [0, 0.05) is 49.6 Å². The number of benzene rings is 1. The fraction of sp³-hybridized carbons (Fsp3) is 0.417. The normalized spacial score (nSPS) is 14.5. The molecule has 11 heteroatoms. The van der Waals surface area contributed by atoms with Crippen LogP contribution in [-0.2, 0) is 20.8 Å². The molecule has 1 aromatic carbocycles. The van der Waals surface area contributed by atoms with Crippen molar-refractivity contribution >= 4 is 34.6 Å². The van der Waals surface area contributed by atoms with Gasteiger partial charge in [0.25, 0.3) is 0 Å². The first-order valence-corrected chi connectivity index (χ1v) is 11.1. The molecule has 1 aliphatic heterocycles. The van der Waals surface area contributed by atoms with E-state index < -0.39 is 24.0 Å². The third-order valence-corrected chi connectivity index (χ3v) is 5.77. The molecule has 0 radical (unpaired) electrons. The van der Waals surface area contributed by atoms with E-state index in [2.05, 4.69) is 15.6 Å². The summed E-state index contributed by atoms with van der Waals surface area (Å²) in [6, 6.07) is 5.78. The Bertz CT molecular complexity index is 1090. The lowest BCUT2D eigenvalue weighted by atomic mass is 10.0. The minimum absolute atomic E-state index is 0. The maximum Gasteiger partial charge on any atom is 0.326 e. The van der Waals surface area contributed by atoms with Crippen LogP contribution in [0.3, 0.4) is 0 Å². The molecule has 1 aliphatic rings. The van der Waals surface area contributed by atoms with E-state index in [1.165, 1.54) is 0 Å². The van der Waals surface area contributed by atoms with Crippen molar-refractivity contribution in [3.63, 3.8) is 0 Å². The predicted octanol–water partition coefficient (Wildman–Crippen LogP) is 0.665. The van der Waals surface area contributed by atoms with Crippen LogP contribution in [0.4, 0.5) is 0 Å². The van der Waals surface area contributed by atoms with Gasteiger partial charge in [-0.3, -0.25) is 15.0 Å². The maximum absolute atomic E-state index is 12.3. The van der Waals surface area contributed by atoms with Crippen LogP contribution in [-0.4, -0.2) is 70.5 Å². The smallest absolute Gasteiger partial charge is 0.326 e. The highest BCUT2D eigenvalue weighted by Gasteiger charge is 2.23. The number of amides is 2. The standard InChI is InChI=1S/C23H31N7O4.CH4/c24-17(10-14-7-9-30(13-14)23(25)26)21(32)27-8-3-6-20(31)29-19(22(33)34)11-15-12-28-18-5-2-1-4-16(15)18;/h1-2,4-5,7,12,17,19,28H,3,6,8-11,13,24H2,(H3,25,26)(H,27,32)(H,29,31)(H,33,34);1H4/t17?,19-;/m0./s1. The second-order valence-corrected chi connectivity index (χ2v) is 8.36. The highest BCUT2D eigenvalue weighted by Crippen LogP contribution is 2.19. The molecule has 1 aromatic heterocycles. The van der Waals surface area contributed by atoms with Crippen molar-refractivity contribution in [1.29, 1.82) is 5.41 Å². The van der Waals surface area contributed by atoms with Gasteiger partial charge in [0.2, 0.25) is 11.8 Å². The van der Waals surface area contributed by atoms with Crippen molar-refractivity contribution in [1.82, 2.24) is 20.5 Å². The van der Waals surface area contributed by atoms with Crippen molar-refractivity contribution in [2.45, 2.75) is 45.2 Å². The number of aliphatic carboxylic acids is 1. The molecular weight excluding hydrogens is 450 g/mol. The Morgan fingerprint density at radius 3 is 2.66 bits per heavy atom. The number of guanidine groups is 1. The summed E-state index contributed by atoms with van der Waals surface area (Å²) in [5.74, 6) is -1.85. The Morgan fingerprint density at radius 1 is 1.23 bits per heavy atom. The van der Waals surface area contributed by atoms with Crippen molar-refractivity contribution in [2.75, 3.05) is 19.6 Å². The number of para-hydroxylation sites is 1. The minimum Gasteiger partial charge on any atom is -0.480 e. The van der Waals surface area contributed by atoms with Gasteiger partial charge in [-0.15, -0.1) is 0 Å². The summed E-state index contributed by atoms with van der Waals surface area (Å²) in [5.41, 5.74) is 14.1. The molecule has 0 bridgehead atoms. The lowest BCUT2D eigenvalue weighted by molar-refractivity contribution is -0.141. The van der Waals surface area contributed by atoms with E-state index in [4.69, 9.17) is 16.9 Å². The number of carbonyl (C=O) groups excluding carboxylic acids is 2. The van der Waals surface area contributed by atoms with Gasteiger partial charge in [-0.25, -0.2) is 4.79 Å². The van der Waals surface area contributed by atoms with Crippen LogP contribution in [0.15, 0.2) is 42.1 Å². The molecule has 35 heavy (non-hydrogen) atoms. The van der Waals surface area contributed by atoms with Crippen LogP contribution in [0.2, 0.25) is 0 Å². The number of carboxylic acid groups (broad SMARTS) is 1. The first kappa shape index (κ1) is 27.4. The summed E-state index contributed by atoms with van der Waals surface area (Å²) in [6.07, 6.45) is 4.62. The Morgan fingerprint density at radius 2 is 1.97 bits per heavy atom. The quantitative estimate of drug-likeness (QED) is 0.105. The van der Waals surface area contributed by atoms with Gasteiger partial charge >= 0.3 is 5.97 Å². The predicted molar refractivity (Wildman–Crippen MR) is 135 cm³/mol. The van der Waals surface area contributed by atoms with Crippen LogP contribution in [0, 0.1) is 5.41 Å². The van der Waals surface area contributed by atoms with Crippen LogP contribution in [0.25, 0.3) is 10.9 Å². The zero-order valence-electron chi connectivity index (χ0n) is 18.8. The van der Waals surface area contributed by atoms with E-state index in [0.29, 0.717) is 25.9 Å². The number of nitrogens with two attached hydrogens (primary N) is 2. The van der Waals surface area contributed by atoms with Crippen molar-refractivity contribution in [3.05, 3.63) is 47.7 Å². The van der Waals surface area contributed by atoms with Gasteiger partial charge in [-0.1, -0.05) is 37.3 Å². The molecule has 190 valence electrons. The molecule has 0 fully saturated rings. The van der Waals surface area contributed by atoms with Crippen LogP contribution < -0.4 is 22.1 Å². The highest BCUT2D eigenvalue weighted by atomic mass is 16.4. The summed E-state index contributed by atoms with van der Waals surface area (Å²) in [5, 5.41) is 23.2. The van der Waals surface area contributed by atoms with E-state index in [-0.39, 0.29) is 38.7 Å². The highest BCUT2D eigenvalue weighted by molar-refractivity contribution is 5.87. The van der Waals surface area contributed by atoms with E-state index >= 15 is 0 Å². The second-order valence-electron chi connectivity index (χ2n) is 8.36. The van der Waals surface area contributed by atoms with Gasteiger partial charge in [-0.2, -0.15) is 0 Å². The summed E-state index contributed by atoms with van der Waals surface area (Å²) in [6.45, 7) is 1.27. The lowest BCUT2D eigenvalue weighted by Gasteiger charge is -2.17. The van der Waals surface area contributed by atoms with Crippen molar-refractivity contribution in [3.8, 4) is 0 Å². The molecular formula is C24H35N7O4. The minimum atomic E-state index is -1.11. The van der Waals surface area contributed by atoms with Gasteiger partial charge in [0.05, 0.1) is 6.04 Å². The maximum atomic E-state index is 12.3. The topological polar surface area (TPSA) is 190 Å². The average molecular weight is 486 g/mol. The zero-order chi connectivity index (χ0) is 24.7. The fourth-order valence-corrected chi connectivity index (χ4v) is 3.90. The average Bonchev–Trinajstić information content (AvgIpc) is 3.43. The van der Waals surface area contributed by atoms with Gasteiger partial charge in [0.15, 0.2) is 5.96 Å². The van der Waals surface area contributed by atoms with E-state index in [1.807, 2.05) is 30.3 Å². The number of carbonyl (C=O) groups is 3. The van der Waals surface area contributed by atoms with Crippen LogP contribution >= 0.6 is 0 Å². The third-order valence-electron chi connectivity index (χ3n) is 5.77. The molecule has 1 unspecified atom stereocenters. The Hall–Kier alpha value is -3.86. The number of hydrogen-bond donors (Lipinski definition) is 7. The molecule has 9 N–H and O–H groups in total. The molecule has 0 saturated heterocycles. The number of aromatic nitrogens is 1. The molecule has 2 heterocycles. The number of nitrogens with zero attached hydrogens (tertiary/aromatic N) is 1. The Labute approximate surface area is 204 Å². The molecule has 2 aromatic rings. The monoisotopic (exact) mass is 485 g/mol. The Balaban J connectivity index is 0.00000432. The second kappa shape index (κ2) is 12.6. The van der Waals surface area contributed by atoms with Crippen LogP contribution in [0.5, 0.6) is 0 Å². The fourth-order valence-electron chi connectivity index (χ4n) is 3.90.